The van der Waals surface area contributed by atoms with Gasteiger partial charge in [-0.25, -0.2) is 4.79 Å². The van der Waals surface area contributed by atoms with Crippen molar-refractivity contribution in [1.29, 1.82) is 0 Å². The van der Waals surface area contributed by atoms with Crippen molar-refractivity contribution in [3.05, 3.63) is 46.2 Å². The molecule has 2 amide bonds. The maximum atomic E-state index is 11.6. The summed E-state index contributed by atoms with van der Waals surface area (Å²) in [6.45, 7) is 4.42. The predicted octanol–water partition coefficient (Wildman–Crippen LogP) is 3.20. The highest BCUT2D eigenvalue weighted by atomic mass is 32.1. The number of aryl methyl sites for hydroxylation is 1. The number of carbonyl (C=O) groups is 1. The maximum Gasteiger partial charge on any atom is 0.321 e. The Hall–Kier alpha value is -2.01. The molecule has 0 spiro atoms. The molecule has 104 valence electrons. The van der Waals surface area contributed by atoms with Crippen molar-refractivity contribution in [2.24, 2.45) is 0 Å². The SMILES string of the molecule is Cc1ccsc1CNc1ccc(N2CCNC2=O)cc1. The number of benzene rings is 1. The molecule has 1 saturated heterocycles. The topological polar surface area (TPSA) is 44.4 Å². The van der Waals surface area contributed by atoms with Gasteiger partial charge in [0.2, 0.25) is 0 Å². The van der Waals surface area contributed by atoms with Gasteiger partial charge in [-0.3, -0.25) is 4.90 Å². The van der Waals surface area contributed by atoms with Crippen molar-refractivity contribution in [3.8, 4) is 0 Å². The van der Waals surface area contributed by atoms with Crippen LogP contribution in [0.25, 0.3) is 0 Å². The molecular weight excluding hydrogens is 270 g/mol. The second-order valence-corrected chi connectivity index (χ2v) is 5.81. The number of hydrogen-bond donors (Lipinski definition) is 2. The van der Waals surface area contributed by atoms with Crippen LogP contribution in [0.1, 0.15) is 10.4 Å². The Balaban J connectivity index is 1.64. The fourth-order valence-electron chi connectivity index (χ4n) is 2.24. The van der Waals surface area contributed by atoms with Crippen LogP contribution in [0.4, 0.5) is 16.2 Å². The van der Waals surface area contributed by atoms with Crippen molar-refractivity contribution >= 4 is 28.7 Å². The minimum absolute atomic E-state index is 0.0140. The maximum absolute atomic E-state index is 11.6. The molecule has 0 saturated carbocycles. The second-order valence-electron chi connectivity index (χ2n) is 4.81. The van der Waals surface area contributed by atoms with Crippen LogP contribution in [0, 0.1) is 6.92 Å². The Morgan fingerprint density at radius 2 is 2.10 bits per heavy atom. The van der Waals surface area contributed by atoms with Crippen molar-refractivity contribution < 1.29 is 4.79 Å². The molecule has 0 bridgehead atoms. The highest BCUT2D eigenvalue weighted by Gasteiger charge is 2.20. The van der Waals surface area contributed by atoms with E-state index in [-0.39, 0.29) is 6.03 Å². The first-order valence-electron chi connectivity index (χ1n) is 6.66. The molecule has 1 aromatic heterocycles. The lowest BCUT2D eigenvalue weighted by molar-refractivity contribution is 0.252. The fraction of sp³-hybridized carbons (Fsp3) is 0.267. The minimum atomic E-state index is -0.0140. The van der Waals surface area contributed by atoms with Crippen molar-refractivity contribution in [2.75, 3.05) is 23.3 Å². The van der Waals surface area contributed by atoms with Gasteiger partial charge in [0.15, 0.2) is 0 Å². The minimum Gasteiger partial charge on any atom is -0.380 e. The van der Waals surface area contributed by atoms with Crippen molar-refractivity contribution in [3.63, 3.8) is 0 Å². The quantitative estimate of drug-likeness (QED) is 0.907. The number of carbonyl (C=O) groups excluding carboxylic acids is 1. The van der Waals surface area contributed by atoms with E-state index in [1.165, 1.54) is 10.4 Å². The monoisotopic (exact) mass is 287 g/mol. The van der Waals surface area contributed by atoms with Crippen LogP contribution < -0.4 is 15.5 Å². The van der Waals surface area contributed by atoms with Crippen LogP contribution in [-0.4, -0.2) is 19.1 Å². The van der Waals surface area contributed by atoms with E-state index in [2.05, 4.69) is 29.0 Å². The Labute approximate surface area is 122 Å². The lowest BCUT2D eigenvalue weighted by Crippen LogP contribution is -2.27. The average molecular weight is 287 g/mol. The van der Waals surface area contributed by atoms with Gasteiger partial charge in [-0.05, 0) is 48.2 Å². The van der Waals surface area contributed by atoms with Gasteiger partial charge >= 0.3 is 6.03 Å². The molecule has 4 nitrogen and oxygen atoms in total. The summed E-state index contributed by atoms with van der Waals surface area (Å²) in [6, 6.07) is 10.1. The number of nitrogens with one attached hydrogen (secondary N) is 2. The molecule has 2 aromatic rings. The molecule has 2 N–H and O–H groups in total. The molecule has 1 fully saturated rings. The molecule has 5 heteroatoms. The number of nitrogens with zero attached hydrogens (tertiary/aromatic N) is 1. The van der Waals surface area contributed by atoms with E-state index in [0.717, 1.165) is 31.0 Å². The molecular formula is C15H17N3OS. The van der Waals surface area contributed by atoms with Crippen LogP contribution in [0.3, 0.4) is 0 Å². The smallest absolute Gasteiger partial charge is 0.321 e. The number of urea groups is 1. The highest BCUT2D eigenvalue weighted by Crippen LogP contribution is 2.21. The molecule has 0 unspecified atom stereocenters. The summed E-state index contributed by atoms with van der Waals surface area (Å²) in [5.74, 6) is 0. The van der Waals surface area contributed by atoms with E-state index in [4.69, 9.17) is 0 Å². The number of hydrogen-bond acceptors (Lipinski definition) is 3. The molecule has 0 radical (unpaired) electrons. The van der Waals surface area contributed by atoms with Gasteiger partial charge in [-0.2, -0.15) is 0 Å². The highest BCUT2D eigenvalue weighted by molar-refractivity contribution is 7.10. The first kappa shape index (κ1) is 13.0. The number of thiophene rings is 1. The third-order valence-electron chi connectivity index (χ3n) is 3.46. The molecule has 0 atom stereocenters. The summed E-state index contributed by atoms with van der Waals surface area (Å²) < 4.78 is 0. The van der Waals surface area contributed by atoms with Gasteiger partial charge in [0, 0.05) is 35.9 Å². The number of rotatable bonds is 4. The van der Waals surface area contributed by atoms with Crippen LogP contribution in [0.5, 0.6) is 0 Å². The number of amides is 2. The van der Waals surface area contributed by atoms with E-state index >= 15 is 0 Å². The first-order valence-corrected chi connectivity index (χ1v) is 7.54. The summed E-state index contributed by atoms with van der Waals surface area (Å²) in [5.41, 5.74) is 3.34. The number of anilines is 2. The van der Waals surface area contributed by atoms with Crippen molar-refractivity contribution in [1.82, 2.24) is 5.32 Å². The third kappa shape index (κ3) is 2.63. The van der Waals surface area contributed by atoms with E-state index in [9.17, 15) is 4.79 Å². The summed E-state index contributed by atoms with van der Waals surface area (Å²) >= 11 is 1.77. The van der Waals surface area contributed by atoms with Crippen LogP contribution in [0.15, 0.2) is 35.7 Å². The third-order valence-corrected chi connectivity index (χ3v) is 4.48. The van der Waals surface area contributed by atoms with E-state index in [1.807, 2.05) is 24.3 Å². The Morgan fingerprint density at radius 1 is 1.30 bits per heavy atom. The molecule has 1 aliphatic rings. The van der Waals surface area contributed by atoms with E-state index in [0.29, 0.717) is 0 Å². The van der Waals surface area contributed by atoms with Gasteiger partial charge in [-0.1, -0.05) is 0 Å². The summed E-state index contributed by atoms with van der Waals surface area (Å²) in [5, 5.41) is 8.33. The van der Waals surface area contributed by atoms with Crippen LogP contribution >= 0.6 is 11.3 Å². The molecule has 3 rings (SSSR count). The normalized spacial score (nSPS) is 14.4. The fourth-order valence-corrected chi connectivity index (χ4v) is 3.09. The van der Waals surface area contributed by atoms with Gasteiger partial charge in [-0.15, -0.1) is 11.3 Å². The van der Waals surface area contributed by atoms with Gasteiger partial charge in [0.05, 0.1) is 0 Å². The molecule has 1 aliphatic heterocycles. The Kier molecular flexibility index (Phi) is 3.60. The molecule has 1 aromatic carbocycles. The lowest BCUT2D eigenvalue weighted by atomic mass is 10.2. The Bertz CT molecular complexity index is 606. The Morgan fingerprint density at radius 3 is 2.70 bits per heavy atom. The zero-order valence-electron chi connectivity index (χ0n) is 11.3. The molecule has 2 heterocycles. The summed E-state index contributed by atoms with van der Waals surface area (Å²) in [4.78, 5) is 14.7. The lowest BCUT2D eigenvalue weighted by Gasteiger charge is -2.15. The first-order chi connectivity index (χ1) is 9.74. The largest absolute Gasteiger partial charge is 0.380 e. The molecule has 0 aliphatic carbocycles. The van der Waals surface area contributed by atoms with Crippen LogP contribution in [-0.2, 0) is 6.54 Å². The summed E-state index contributed by atoms with van der Waals surface area (Å²) in [7, 11) is 0. The van der Waals surface area contributed by atoms with Crippen LogP contribution in [0.2, 0.25) is 0 Å². The standard InChI is InChI=1S/C15H17N3OS/c1-11-6-9-20-14(11)10-17-12-2-4-13(5-3-12)18-8-7-16-15(18)19/h2-6,9,17H,7-8,10H2,1H3,(H,16,19). The predicted molar refractivity (Wildman–Crippen MR) is 83.6 cm³/mol. The zero-order chi connectivity index (χ0) is 13.9. The molecule has 20 heavy (non-hydrogen) atoms. The van der Waals surface area contributed by atoms with E-state index in [1.54, 1.807) is 16.2 Å². The second kappa shape index (κ2) is 5.54. The van der Waals surface area contributed by atoms with Crippen molar-refractivity contribution in [2.45, 2.75) is 13.5 Å². The average Bonchev–Trinajstić information content (AvgIpc) is 3.06. The van der Waals surface area contributed by atoms with Gasteiger partial charge in [0.1, 0.15) is 0 Å². The van der Waals surface area contributed by atoms with Gasteiger partial charge < -0.3 is 10.6 Å². The van der Waals surface area contributed by atoms with E-state index < -0.39 is 0 Å². The van der Waals surface area contributed by atoms with Gasteiger partial charge in [0.25, 0.3) is 0 Å². The summed E-state index contributed by atoms with van der Waals surface area (Å²) in [6.07, 6.45) is 0. The zero-order valence-corrected chi connectivity index (χ0v) is 12.2.